The lowest BCUT2D eigenvalue weighted by Gasteiger charge is -2.40. The van der Waals surface area contributed by atoms with Crippen LogP contribution in [-0.2, 0) is 0 Å². The van der Waals surface area contributed by atoms with Gasteiger partial charge in [-0.1, -0.05) is 0 Å². The fourth-order valence-corrected chi connectivity index (χ4v) is 2.89. The maximum absolute atomic E-state index is 12.4. The van der Waals surface area contributed by atoms with Crippen molar-refractivity contribution in [2.24, 2.45) is 0 Å². The molecule has 102 valence electrons. The minimum Gasteiger partial charge on any atom is -0.494 e. The standard InChI is InChI=1S/C15H19NO3/c1-2-18-11-3-4-14-12(9-11)13(17)10-15(19-14)5-7-16-8-6-15/h3-4,9,16H,2,5-8,10H2,1H3. The number of ether oxygens (including phenoxy) is 2. The number of hydrogen-bond acceptors (Lipinski definition) is 4. The number of fused-ring (bicyclic) bond motifs is 1. The molecular weight excluding hydrogens is 242 g/mol. The topological polar surface area (TPSA) is 47.6 Å². The van der Waals surface area contributed by atoms with Gasteiger partial charge in [0.05, 0.1) is 18.6 Å². The van der Waals surface area contributed by atoms with Gasteiger partial charge in [-0.25, -0.2) is 0 Å². The molecule has 1 N–H and O–H groups in total. The van der Waals surface area contributed by atoms with Crippen LogP contribution in [0.15, 0.2) is 18.2 Å². The molecule has 0 aromatic heterocycles. The van der Waals surface area contributed by atoms with Crippen LogP contribution in [0.3, 0.4) is 0 Å². The molecule has 1 aromatic rings. The Morgan fingerprint density at radius 2 is 2.16 bits per heavy atom. The van der Waals surface area contributed by atoms with Gasteiger partial charge in [0, 0.05) is 12.8 Å². The molecule has 0 amide bonds. The first-order valence-corrected chi connectivity index (χ1v) is 6.92. The Morgan fingerprint density at radius 3 is 2.89 bits per heavy atom. The van der Waals surface area contributed by atoms with Gasteiger partial charge in [0.1, 0.15) is 17.1 Å². The van der Waals surface area contributed by atoms with Crippen LogP contribution < -0.4 is 14.8 Å². The van der Waals surface area contributed by atoms with E-state index in [4.69, 9.17) is 9.47 Å². The van der Waals surface area contributed by atoms with Gasteiger partial charge < -0.3 is 14.8 Å². The van der Waals surface area contributed by atoms with Crippen LogP contribution in [0.25, 0.3) is 0 Å². The normalized spacial score (nSPS) is 20.8. The van der Waals surface area contributed by atoms with E-state index in [0.29, 0.717) is 24.3 Å². The molecule has 1 spiro atoms. The summed E-state index contributed by atoms with van der Waals surface area (Å²) in [7, 11) is 0. The van der Waals surface area contributed by atoms with Gasteiger partial charge in [0.2, 0.25) is 0 Å². The average molecular weight is 261 g/mol. The number of hydrogen-bond donors (Lipinski definition) is 1. The second-order valence-electron chi connectivity index (χ2n) is 5.23. The zero-order chi connectivity index (χ0) is 13.3. The molecule has 1 aromatic carbocycles. The van der Waals surface area contributed by atoms with E-state index in [0.717, 1.165) is 31.7 Å². The smallest absolute Gasteiger partial charge is 0.170 e. The number of piperidine rings is 1. The highest BCUT2D eigenvalue weighted by atomic mass is 16.5. The van der Waals surface area contributed by atoms with Crippen molar-refractivity contribution in [3.63, 3.8) is 0 Å². The third-order valence-electron chi connectivity index (χ3n) is 3.89. The Morgan fingerprint density at radius 1 is 1.37 bits per heavy atom. The van der Waals surface area contributed by atoms with Gasteiger partial charge in [-0.2, -0.15) is 0 Å². The number of rotatable bonds is 2. The van der Waals surface area contributed by atoms with Crippen LogP contribution in [0.1, 0.15) is 36.5 Å². The van der Waals surface area contributed by atoms with Gasteiger partial charge >= 0.3 is 0 Å². The number of carbonyl (C=O) groups excluding carboxylic acids is 1. The quantitative estimate of drug-likeness (QED) is 0.886. The Labute approximate surface area is 113 Å². The summed E-state index contributed by atoms with van der Waals surface area (Å²) < 4.78 is 11.6. The molecule has 0 radical (unpaired) electrons. The fraction of sp³-hybridized carbons (Fsp3) is 0.533. The summed E-state index contributed by atoms with van der Waals surface area (Å²) in [5.41, 5.74) is 0.373. The predicted octanol–water partition coefficient (Wildman–Crippen LogP) is 2.17. The summed E-state index contributed by atoms with van der Waals surface area (Å²) in [5.74, 6) is 1.62. The first-order chi connectivity index (χ1) is 9.22. The highest BCUT2D eigenvalue weighted by Gasteiger charge is 2.41. The van der Waals surface area contributed by atoms with Crippen LogP contribution in [0, 0.1) is 0 Å². The van der Waals surface area contributed by atoms with Crippen molar-refractivity contribution in [3.05, 3.63) is 23.8 Å². The molecule has 0 aliphatic carbocycles. The molecule has 0 bridgehead atoms. The van der Waals surface area contributed by atoms with Crippen LogP contribution in [0.4, 0.5) is 0 Å². The summed E-state index contributed by atoms with van der Waals surface area (Å²) in [6.07, 6.45) is 2.27. The predicted molar refractivity (Wildman–Crippen MR) is 72.0 cm³/mol. The van der Waals surface area contributed by atoms with E-state index in [1.807, 2.05) is 19.1 Å². The number of carbonyl (C=O) groups is 1. The average Bonchev–Trinajstić information content (AvgIpc) is 2.41. The summed E-state index contributed by atoms with van der Waals surface area (Å²) >= 11 is 0. The van der Waals surface area contributed by atoms with E-state index in [1.165, 1.54) is 0 Å². The van der Waals surface area contributed by atoms with E-state index in [2.05, 4.69) is 5.32 Å². The van der Waals surface area contributed by atoms with Gasteiger partial charge in [-0.05, 0) is 38.2 Å². The Bertz CT molecular complexity index is 492. The monoisotopic (exact) mass is 261 g/mol. The van der Waals surface area contributed by atoms with Crippen molar-refractivity contribution in [3.8, 4) is 11.5 Å². The molecule has 0 saturated carbocycles. The largest absolute Gasteiger partial charge is 0.494 e. The molecule has 4 nitrogen and oxygen atoms in total. The molecule has 2 heterocycles. The molecule has 0 unspecified atom stereocenters. The molecule has 1 saturated heterocycles. The molecule has 19 heavy (non-hydrogen) atoms. The molecule has 1 fully saturated rings. The number of Topliss-reactive ketones (excluding diaryl/α,β-unsaturated/α-hetero) is 1. The Balaban J connectivity index is 1.90. The minimum absolute atomic E-state index is 0.171. The fourth-order valence-electron chi connectivity index (χ4n) is 2.89. The Hall–Kier alpha value is -1.55. The second kappa shape index (κ2) is 4.85. The van der Waals surface area contributed by atoms with Crippen molar-refractivity contribution in [1.29, 1.82) is 0 Å². The van der Waals surface area contributed by atoms with Crippen molar-refractivity contribution >= 4 is 5.78 Å². The maximum atomic E-state index is 12.4. The maximum Gasteiger partial charge on any atom is 0.170 e. The first kappa shape index (κ1) is 12.5. The third-order valence-corrected chi connectivity index (χ3v) is 3.89. The highest BCUT2D eigenvalue weighted by molar-refractivity contribution is 6.00. The van der Waals surface area contributed by atoms with E-state index < -0.39 is 0 Å². The number of benzene rings is 1. The van der Waals surface area contributed by atoms with E-state index in [9.17, 15) is 4.79 Å². The van der Waals surface area contributed by atoms with Crippen LogP contribution in [-0.4, -0.2) is 31.1 Å². The Kier molecular flexibility index (Phi) is 3.19. The SMILES string of the molecule is CCOc1ccc2c(c1)C(=O)CC1(CCNCC1)O2. The van der Waals surface area contributed by atoms with Crippen molar-refractivity contribution in [2.45, 2.75) is 31.8 Å². The lowest BCUT2D eigenvalue weighted by molar-refractivity contribution is 0.0186. The molecule has 4 heteroatoms. The van der Waals surface area contributed by atoms with Crippen LogP contribution >= 0.6 is 0 Å². The van der Waals surface area contributed by atoms with Crippen LogP contribution in [0.5, 0.6) is 11.5 Å². The minimum atomic E-state index is -0.289. The zero-order valence-electron chi connectivity index (χ0n) is 11.2. The van der Waals surface area contributed by atoms with Crippen molar-refractivity contribution in [2.75, 3.05) is 19.7 Å². The van der Waals surface area contributed by atoms with E-state index in [1.54, 1.807) is 6.07 Å². The van der Waals surface area contributed by atoms with E-state index in [-0.39, 0.29) is 11.4 Å². The first-order valence-electron chi connectivity index (χ1n) is 6.92. The number of nitrogens with one attached hydrogen (secondary N) is 1. The lowest BCUT2D eigenvalue weighted by Crippen LogP contribution is -2.49. The number of ketones is 1. The van der Waals surface area contributed by atoms with Gasteiger partial charge in [0.25, 0.3) is 0 Å². The van der Waals surface area contributed by atoms with Crippen molar-refractivity contribution in [1.82, 2.24) is 5.32 Å². The molecular formula is C15H19NO3. The summed E-state index contributed by atoms with van der Waals surface area (Å²) in [6, 6.07) is 5.53. The second-order valence-corrected chi connectivity index (χ2v) is 5.23. The molecule has 2 aliphatic heterocycles. The van der Waals surface area contributed by atoms with Crippen molar-refractivity contribution < 1.29 is 14.3 Å². The third kappa shape index (κ3) is 2.32. The summed E-state index contributed by atoms with van der Waals surface area (Å²) in [5, 5.41) is 3.31. The highest BCUT2D eigenvalue weighted by Crippen LogP contribution is 2.39. The van der Waals surface area contributed by atoms with Gasteiger partial charge in [0.15, 0.2) is 5.78 Å². The molecule has 3 rings (SSSR count). The summed E-state index contributed by atoms with van der Waals surface area (Å²) in [6.45, 7) is 4.37. The van der Waals surface area contributed by atoms with Crippen LogP contribution in [0.2, 0.25) is 0 Å². The van der Waals surface area contributed by atoms with Gasteiger partial charge in [-0.3, -0.25) is 4.79 Å². The van der Waals surface area contributed by atoms with E-state index >= 15 is 0 Å². The molecule has 2 aliphatic rings. The summed E-state index contributed by atoms with van der Waals surface area (Å²) in [4.78, 5) is 12.4. The lowest BCUT2D eigenvalue weighted by atomic mass is 9.83. The van der Waals surface area contributed by atoms with Gasteiger partial charge in [-0.15, -0.1) is 0 Å². The molecule has 0 atom stereocenters. The zero-order valence-corrected chi connectivity index (χ0v) is 11.2.